The highest BCUT2D eigenvalue weighted by molar-refractivity contribution is 14.1. The van der Waals surface area contributed by atoms with Crippen molar-refractivity contribution in [3.63, 3.8) is 0 Å². The molecule has 7 unspecified atom stereocenters. The Balaban J connectivity index is 1.74. The first-order valence-corrected chi connectivity index (χ1v) is 9.56. The molecule has 2 saturated heterocycles. The fourth-order valence-corrected chi connectivity index (χ4v) is 6.61. The van der Waals surface area contributed by atoms with E-state index in [4.69, 9.17) is 9.47 Å². The van der Waals surface area contributed by atoms with Crippen LogP contribution in [0.2, 0.25) is 0 Å². The summed E-state index contributed by atoms with van der Waals surface area (Å²) in [5, 5.41) is 10.5. The first kappa shape index (κ1) is 15.2. The Morgan fingerprint density at radius 2 is 1.89 bits per heavy atom. The van der Waals surface area contributed by atoms with E-state index in [0.717, 1.165) is 26.2 Å². The minimum Gasteiger partial charge on any atom is -0.393 e. The van der Waals surface area contributed by atoms with Crippen LogP contribution < -0.4 is 0 Å². The zero-order chi connectivity index (χ0) is 13.8. The van der Waals surface area contributed by atoms with Crippen LogP contribution in [-0.2, 0) is 9.47 Å². The summed E-state index contributed by atoms with van der Waals surface area (Å²) in [5.41, 5.74) is 0.276. The van der Waals surface area contributed by atoms with Gasteiger partial charge in [-0.1, -0.05) is 59.0 Å². The minimum absolute atomic E-state index is 0.184. The van der Waals surface area contributed by atoms with Crippen LogP contribution in [0.4, 0.5) is 0 Å². The molecule has 7 atom stereocenters. The average Bonchev–Trinajstić information content (AvgIpc) is 2.84. The second kappa shape index (κ2) is 5.52. The number of hydrogen-bond acceptors (Lipinski definition) is 3. The number of aliphatic hydroxyl groups excluding tert-OH is 1. The largest absolute Gasteiger partial charge is 0.393 e. The van der Waals surface area contributed by atoms with E-state index in [9.17, 15) is 5.11 Å². The maximum Gasteiger partial charge on any atom is 0.0687 e. The van der Waals surface area contributed by atoms with Gasteiger partial charge in [0, 0.05) is 31.0 Å². The lowest BCUT2D eigenvalue weighted by atomic mass is 9.74. The van der Waals surface area contributed by atoms with Gasteiger partial charge < -0.3 is 14.6 Å². The van der Waals surface area contributed by atoms with E-state index in [1.54, 1.807) is 0 Å². The molecule has 2 heterocycles. The number of hydrogen-bond donors (Lipinski definition) is 1. The van der Waals surface area contributed by atoms with Crippen LogP contribution in [-0.4, -0.2) is 45.0 Å². The molecule has 0 aromatic carbocycles. The van der Waals surface area contributed by atoms with Gasteiger partial charge in [-0.05, 0) is 6.42 Å². The molecular formula is C14H22I2O3. The van der Waals surface area contributed by atoms with Crippen molar-refractivity contribution in [2.45, 2.75) is 40.3 Å². The van der Waals surface area contributed by atoms with Gasteiger partial charge in [0.1, 0.15) is 0 Å². The van der Waals surface area contributed by atoms with Gasteiger partial charge in [0.05, 0.1) is 32.0 Å². The second-order valence-corrected chi connectivity index (χ2v) is 9.96. The van der Waals surface area contributed by atoms with Crippen molar-refractivity contribution in [3.05, 3.63) is 0 Å². The number of aliphatic hydroxyl groups is 1. The zero-order valence-corrected chi connectivity index (χ0v) is 15.7. The molecule has 1 saturated carbocycles. The summed E-state index contributed by atoms with van der Waals surface area (Å²) in [6.45, 7) is 7.08. The zero-order valence-electron chi connectivity index (χ0n) is 11.4. The third-order valence-corrected chi connectivity index (χ3v) is 8.11. The predicted octanol–water partition coefficient (Wildman–Crippen LogP) is 2.66. The number of alkyl halides is 2. The Bertz CT molecular complexity index is 350. The van der Waals surface area contributed by atoms with Crippen molar-refractivity contribution >= 4 is 45.2 Å². The highest BCUT2D eigenvalue weighted by atomic mass is 127. The lowest BCUT2D eigenvalue weighted by molar-refractivity contribution is -0.192. The van der Waals surface area contributed by atoms with Gasteiger partial charge in [-0.2, -0.15) is 0 Å². The van der Waals surface area contributed by atoms with E-state index in [2.05, 4.69) is 59.0 Å². The molecule has 3 aliphatic rings. The third kappa shape index (κ3) is 2.59. The molecular weight excluding hydrogens is 470 g/mol. The van der Waals surface area contributed by atoms with Crippen LogP contribution in [0.1, 0.15) is 20.3 Å². The number of halogens is 2. The first-order chi connectivity index (χ1) is 8.92. The van der Waals surface area contributed by atoms with Crippen molar-refractivity contribution in [3.8, 4) is 0 Å². The lowest BCUT2D eigenvalue weighted by Crippen LogP contribution is -2.53. The van der Waals surface area contributed by atoms with Crippen LogP contribution in [0.25, 0.3) is 0 Å². The highest BCUT2D eigenvalue weighted by Gasteiger charge is 2.55. The normalized spacial score (nSPS) is 53.2. The second-order valence-electron chi connectivity index (χ2n) is 6.93. The number of ether oxygens (including phenoxy) is 2. The van der Waals surface area contributed by atoms with Gasteiger partial charge >= 0.3 is 0 Å². The molecule has 1 N–H and O–H groups in total. The van der Waals surface area contributed by atoms with Crippen LogP contribution in [0, 0.1) is 23.2 Å². The van der Waals surface area contributed by atoms with Crippen molar-refractivity contribution in [1.29, 1.82) is 0 Å². The van der Waals surface area contributed by atoms with Crippen molar-refractivity contribution in [2.24, 2.45) is 23.2 Å². The average molecular weight is 492 g/mol. The molecule has 19 heavy (non-hydrogen) atoms. The van der Waals surface area contributed by atoms with Crippen molar-refractivity contribution in [2.75, 3.05) is 19.8 Å². The molecule has 3 rings (SSSR count). The molecule has 1 aliphatic carbocycles. The monoisotopic (exact) mass is 492 g/mol. The topological polar surface area (TPSA) is 38.7 Å². The molecule has 5 heteroatoms. The van der Waals surface area contributed by atoms with Gasteiger partial charge in [0.15, 0.2) is 0 Å². The van der Waals surface area contributed by atoms with Crippen molar-refractivity contribution < 1.29 is 14.6 Å². The fraction of sp³-hybridized carbons (Fsp3) is 1.00. The van der Waals surface area contributed by atoms with E-state index in [-0.39, 0.29) is 11.5 Å². The van der Waals surface area contributed by atoms with E-state index in [1.165, 1.54) is 0 Å². The molecule has 2 aliphatic heterocycles. The third-order valence-electron chi connectivity index (χ3n) is 5.08. The molecule has 0 bridgehead atoms. The summed E-state index contributed by atoms with van der Waals surface area (Å²) >= 11 is 5.05. The Morgan fingerprint density at radius 3 is 2.37 bits per heavy atom. The summed E-state index contributed by atoms with van der Waals surface area (Å²) in [7, 11) is 0. The van der Waals surface area contributed by atoms with Crippen LogP contribution in [0.3, 0.4) is 0 Å². The Kier molecular flexibility index (Phi) is 4.43. The molecule has 0 aromatic rings. The van der Waals surface area contributed by atoms with E-state index < -0.39 is 0 Å². The molecule has 0 aromatic heterocycles. The van der Waals surface area contributed by atoms with Gasteiger partial charge in [0.2, 0.25) is 0 Å². The molecule has 3 nitrogen and oxygen atoms in total. The maximum absolute atomic E-state index is 10.5. The SMILES string of the molecule is CC1(C)COC1C1CC(O)C(C2COCC2I)C1I. The Hall–Kier alpha value is 1.34. The van der Waals surface area contributed by atoms with Gasteiger partial charge in [-0.25, -0.2) is 0 Å². The molecule has 3 fully saturated rings. The van der Waals surface area contributed by atoms with Crippen molar-refractivity contribution in [1.82, 2.24) is 0 Å². The number of rotatable bonds is 2. The summed E-state index contributed by atoms with van der Waals surface area (Å²) in [4.78, 5) is 0. The summed E-state index contributed by atoms with van der Waals surface area (Å²) in [6, 6.07) is 0. The summed E-state index contributed by atoms with van der Waals surface area (Å²) in [6.07, 6.45) is 1.03. The summed E-state index contributed by atoms with van der Waals surface area (Å²) in [5.74, 6) is 1.37. The standard InChI is InChI=1S/C14H22I2O3/c1-14(2)6-19-13(14)7-3-10(17)11(12(7)16)8-4-18-5-9(8)15/h7-13,17H,3-6H2,1-2H3. The Morgan fingerprint density at radius 1 is 1.16 bits per heavy atom. The van der Waals surface area contributed by atoms with E-state index in [1.807, 2.05) is 0 Å². The van der Waals surface area contributed by atoms with Crippen LogP contribution in [0.5, 0.6) is 0 Å². The Labute approximate surface area is 142 Å². The first-order valence-electron chi connectivity index (χ1n) is 7.07. The van der Waals surface area contributed by atoms with E-state index >= 15 is 0 Å². The fourth-order valence-electron chi connectivity index (χ4n) is 3.99. The molecule has 0 radical (unpaired) electrons. The predicted molar refractivity (Wildman–Crippen MR) is 91.0 cm³/mol. The van der Waals surface area contributed by atoms with E-state index in [0.29, 0.717) is 31.7 Å². The van der Waals surface area contributed by atoms with Crippen LogP contribution >= 0.6 is 45.2 Å². The van der Waals surface area contributed by atoms with Gasteiger partial charge in [0.25, 0.3) is 0 Å². The van der Waals surface area contributed by atoms with Gasteiger partial charge in [-0.3, -0.25) is 0 Å². The van der Waals surface area contributed by atoms with Gasteiger partial charge in [-0.15, -0.1) is 0 Å². The smallest absolute Gasteiger partial charge is 0.0687 e. The summed E-state index contributed by atoms with van der Waals surface area (Å²) < 4.78 is 12.5. The molecule has 0 amide bonds. The lowest BCUT2D eigenvalue weighted by Gasteiger charge is -2.48. The quantitative estimate of drug-likeness (QED) is 0.477. The maximum atomic E-state index is 10.5. The van der Waals surface area contributed by atoms with Crippen LogP contribution in [0.15, 0.2) is 0 Å². The molecule has 110 valence electrons. The minimum atomic E-state index is -0.184. The highest BCUT2D eigenvalue weighted by Crippen LogP contribution is 2.52. The molecule has 0 spiro atoms.